The van der Waals surface area contributed by atoms with Gasteiger partial charge < -0.3 is 14.4 Å². The molecule has 0 atom stereocenters. The highest BCUT2D eigenvalue weighted by Crippen LogP contribution is 2.29. The Morgan fingerprint density at radius 1 is 0.973 bits per heavy atom. The maximum absolute atomic E-state index is 11.6. The molecule has 6 nitrogen and oxygen atoms in total. The number of piperidine rings is 1. The summed E-state index contributed by atoms with van der Waals surface area (Å²) in [6.07, 6.45) is 9.86. The zero-order chi connectivity index (χ0) is 25.9. The Kier molecular flexibility index (Phi) is 9.92. The molecule has 4 rings (SSSR count). The van der Waals surface area contributed by atoms with Gasteiger partial charge in [0.25, 0.3) is 0 Å². The highest BCUT2D eigenvalue weighted by atomic mass is 16.5. The lowest BCUT2D eigenvalue weighted by Crippen LogP contribution is -2.37. The van der Waals surface area contributed by atoms with E-state index in [1.807, 2.05) is 23.2 Å². The minimum atomic E-state index is 0.189. The molecule has 1 amide bonds. The number of hydrogen-bond donors (Lipinski definition) is 0. The van der Waals surface area contributed by atoms with Crippen molar-refractivity contribution in [3.63, 3.8) is 0 Å². The van der Waals surface area contributed by atoms with Crippen molar-refractivity contribution in [1.29, 1.82) is 0 Å². The first-order valence-corrected chi connectivity index (χ1v) is 13.5. The molecule has 1 aliphatic heterocycles. The fourth-order valence-electron chi connectivity index (χ4n) is 4.94. The Bertz CT molecular complexity index is 1130. The number of methoxy groups -OCH3 is 1. The van der Waals surface area contributed by atoms with Crippen LogP contribution in [0.4, 0.5) is 0 Å². The summed E-state index contributed by atoms with van der Waals surface area (Å²) in [4.78, 5) is 22.9. The normalized spacial score (nSPS) is 13.9. The number of ether oxygens (including phenoxy) is 2. The van der Waals surface area contributed by atoms with Gasteiger partial charge >= 0.3 is 0 Å². The zero-order valence-corrected chi connectivity index (χ0v) is 22.2. The fourth-order valence-corrected chi connectivity index (χ4v) is 4.94. The van der Waals surface area contributed by atoms with Crippen LogP contribution in [0, 0.1) is 5.92 Å². The molecule has 1 saturated heterocycles. The lowest BCUT2D eigenvalue weighted by molar-refractivity contribution is -0.130. The third-order valence-electron chi connectivity index (χ3n) is 7.18. The number of carbonyl (C=O) groups is 1. The number of amides is 1. The Morgan fingerprint density at radius 3 is 2.54 bits per heavy atom. The number of aromatic nitrogens is 2. The number of likely N-dealkylation sites (tertiary alicyclic amines) is 1. The summed E-state index contributed by atoms with van der Waals surface area (Å²) in [7, 11) is 1.67. The van der Waals surface area contributed by atoms with Gasteiger partial charge in [-0.1, -0.05) is 36.4 Å². The maximum Gasteiger partial charge on any atom is 0.219 e. The second kappa shape index (κ2) is 13.8. The van der Waals surface area contributed by atoms with Crippen LogP contribution >= 0.6 is 0 Å². The molecule has 196 valence electrons. The standard InChI is InChI=1S/C31H39N3O3/c1-24(35)34-19-16-26(17-20-34)11-13-28-15-18-32-31(33-28)23-27-12-14-29(36-2)30(22-27)37-21-7-6-10-25-8-4-3-5-9-25/h3-5,8-9,12,14-15,18,22,26H,6-7,10-11,13,16-17,19-21,23H2,1-2H3. The van der Waals surface area contributed by atoms with E-state index in [1.165, 1.54) is 5.56 Å². The maximum atomic E-state index is 11.6. The molecular formula is C31H39N3O3. The lowest BCUT2D eigenvalue weighted by Gasteiger charge is -2.31. The predicted molar refractivity (Wildman–Crippen MR) is 146 cm³/mol. The summed E-state index contributed by atoms with van der Waals surface area (Å²) in [5.74, 6) is 3.19. The molecule has 2 heterocycles. The summed E-state index contributed by atoms with van der Waals surface area (Å²) in [6.45, 7) is 4.08. The number of nitrogens with zero attached hydrogens (tertiary/aromatic N) is 3. The van der Waals surface area contributed by atoms with Crippen molar-refractivity contribution in [2.45, 2.75) is 58.3 Å². The number of rotatable bonds is 12. The average Bonchev–Trinajstić information content (AvgIpc) is 2.93. The van der Waals surface area contributed by atoms with Gasteiger partial charge in [-0.15, -0.1) is 0 Å². The molecule has 0 spiro atoms. The average molecular weight is 502 g/mol. The smallest absolute Gasteiger partial charge is 0.219 e. The molecular weight excluding hydrogens is 462 g/mol. The monoisotopic (exact) mass is 501 g/mol. The van der Waals surface area contributed by atoms with Crippen LogP contribution in [0.25, 0.3) is 0 Å². The van der Waals surface area contributed by atoms with Gasteiger partial charge in [0.1, 0.15) is 5.82 Å². The van der Waals surface area contributed by atoms with E-state index in [-0.39, 0.29) is 5.91 Å². The summed E-state index contributed by atoms with van der Waals surface area (Å²) >= 11 is 0. The first-order chi connectivity index (χ1) is 18.1. The summed E-state index contributed by atoms with van der Waals surface area (Å²) < 4.78 is 11.6. The van der Waals surface area contributed by atoms with E-state index in [2.05, 4.69) is 47.4 Å². The van der Waals surface area contributed by atoms with Gasteiger partial charge in [0.15, 0.2) is 11.5 Å². The molecule has 3 aromatic rings. The van der Waals surface area contributed by atoms with Gasteiger partial charge in [-0.3, -0.25) is 4.79 Å². The molecule has 0 N–H and O–H groups in total. The van der Waals surface area contributed by atoms with Crippen molar-refractivity contribution < 1.29 is 14.3 Å². The number of benzene rings is 2. The van der Waals surface area contributed by atoms with Gasteiger partial charge in [-0.05, 0) is 80.2 Å². The van der Waals surface area contributed by atoms with Crippen molar-refractivity contribution in [2.75, 3.05) is 26.8 Å². The van der Waals surface area contributed by atoms with Gasteiger partial charge in [0.2, 0.25) is 5.91 Å². The van der Waals surface area contributed by atoms with Crippen molar-refractivity contribution in [3.8, 4) is 11.5 Å². The molecule has 2 aromatic carbocycles. The Morgan fingerprint density at radius 2 is 1.78 bits per heavy atom. The first kappa shape index (κ1) is 26.6. The van der Waals surface area contributed by atoms with Crippen LogP contribution in [0.5, 0.6) is 11.5 Å². The quantitative estimate of drug-likeness (QED) is 0.299. The predicted octanol–water partition coefficient (Wildman–Crippen LogP) is 5.67. The highest BCUT2D eigenvalue weighted by Gasteiger charge is 2.20. The van der Waals surface area contributed by atoms with Crippen LogP contribution < -0.4 is 9.47 Å². The van der Waals surface area contributed by atoms with E-state index in [1.54, 1.807) is 14.0 Å². The first-order valence-electron chi connectivity index (χ1n) is 13.5. The van der Waals surface area contributed by atoms with Crippen LogP contribution in [0.15, 0.2) is 60.8 Å². The molecule has 0 bridgehead atoms. The van der Waals surface area contributed by atoms with Crippen LogP contribution in [0.3, 0.4) is 0 Å². The number of hydrogen-bond acceptors (Lipinski definition) is 5. The van der Waals surface area contributed by atoms with Crippen LogP contribution in [-0.4, -0.2) is 47.6 Å². The Labute approximate surface area is 221 Å². The van der Waals surface area contributed by atoms with Gasteiger partial charge in [-0.2, -0.15) is 0 Å². The van der Waals surface area contributed by atoms with E-state index < -0.39 is 0 Å². The van der Waals surface area contributed by atoms with Crippen molar-refractivity contribution in [1.82, 2.24) is 14.9 Å². The second-order valence-corrected chi connectivity index (χ2v) is 9.91. The molecule has 1 aliphatic rings. The fraction of sp³-hybridized carbons (Fsp3) is 0.452. The Balaban J connectivity index is 1.27. The number of unbranched alkanes of at least 4 members (excludes halogenated alkanes) is 1. The van der Waals surface area contributed by atoms with Crippen molar-refractivity contribution >= 4 is 5.91 Å². The third kappa shape index (κ3) is 8.31. The van der Waals surface area contributed by atoms with Gasteiger partial charge in [0, 0.05) is 38.3 Å². The number of aryl methyl sites for hydroxylation is 2. The molecule has 6 heteroatoms. The summed E-state index contributed by atoms with van der Waals surface area (Å²) in [5.41, 5.74) is 3.55. The summed E-state index contributed by atoms with van der Waals surface area (Å²) in [5, 5.41) is 0. The van der Waals surface area contributed by atoms with E-state index >= 15 is 0 Å². The highest BCUT2D eigenvalue weighted by molar-refractivity contribution is 5.73. The number of carbonyl (C=O) groups excluding carboxylic acids is 1. The van der Waals surface area contributed by atoms with Crippen molar-refractivity contribution in [3.05, 3.63) is 83.4 Å². The van der Waals surface area contributed by atoms with Gasteiger partial charge in [0.05, 0.1) is 13.7 Å². The zero-order valence-electron chi connectivity index (χ0n) is 22.2. The Hall–Kier alpha value is -3.41. The SMILES string of the molecule is COc1ccc(Cc2nccc(CCC3CCN(C(C)=O)CC3)n2)cc1OCCCCc1ccccc1. The van der Waals surface area contributed by atoms with E-state index in [9.17, 15) is 4.79 Å². The van der Waals surface area contributed by atoms with Crippen LogP contribution in [0.2, 0.25) is 0 Å². The minimum absolute atomic E-state index is 0.189. The topological polar surface area (TPSA) is 64.5 Å². The van der Waals surface area contributed by atoms with Crippen molar-refractivity contribution in [2.24, 2.45) is 5.92 Å². The molecule has 0 aliphatic carbocycles. The molecule has 0 saturated carbocycles. The lowest BCUT2D eigenvalue weighted by atomic mass is 9.91. The molecule has 0 unspecified atom stereocenters. The van der Waals surface area contributed by atoms with Gasteiger partial charge in [-0.25, -0.2) is 9.97 Å². The van der Waals surface area contributed by atoms with E-state index in [0.29, 0.717) is 18.9 Å². The third-order valence-corrected chi connectivity index (χ3v) is 7.18. The second-order valence-electron chi connectivity index (χ2n) is 9.91. The minimum Gasteiger partial charge on any atom is -0.493 e. The molecule has 37 heavy (non-hydrogen) atoms. The largest absolute Gasteiger partial charge is 0.493 e. The molecule has 0 radical (unpaired) electrons. The molecule has 1 aromatic heterocycles. The molecule has 1 fully saturated rings. The van der Waals surface area contributed by atoms with E-state index in [4.69, 9.17) is 14.5 Å². The van der Waals surface area contributed by atoms with E-state index in [0.717, 1.165) is 86.6 Å². The summed E-state index contributed by atoms with van der Waals surface area (Å²) in [6, 6.07) is 18.7. The van der Waals surface area contributed by atoms with Crippen LogP contribution in [-0.2, 0) is 24.1 Å². The van der Waals surface area contributed by atoms with Crippen LogP contribution in [0.1, 0.15) is 61.7 Å².